The van der Waals surface area contributed by atoms with Crippen LogP contribution in [0.5, 0.6) is 0 Å². The fourth-order valence-corrected chi connectivity index (χ4v) is 2.14. The Morgan fingerprint density at radius 1 is 1.00 bits per heavy atom. The van der Waals surface area contributed by atoms with E-state index in [1.165, 1.54) is 30.4 Å². The van der Waals surface area contributed by atoms with Crippen LogP contribution in [0.3, 0.4) is 0 Å². The van der Waals surface area contributed by atoms with Crippen molar-refractivity contribution in [1.29, 1.82) is 0 Å². The molecular formula is C9H12. The molecular weight excluding hydrogens is 108 g/mol. The van der Waals surface area contributed by atoms with Crippen molar-refractivity contribution in [3.05, 3.63) is 24.3 Å². The van der Waals surface area contributed by atoms with Gasteiger partial charge in [0.15, 0.2) is 0 Å². The third kappa shape index (κ3) is 0.536. The molecule has 0 spiro atoms. The van der Waals surface area contributed by atoms with Gasteiger partial charge < -0.3 is 0 Å². The van der Waals surface area contributed by atoms with Gasteiger partial charge in [0.1, 0.15) is 0 Å². The van der Waals surface area contributed by atoms with Crippen LogP contribution in [0.15, 0.2) is 24.3 Å². The molecule has 2 bridgehead atoms. The second-order valence-corrected chi connectivity index (χ2v) is 3.26. The van der Waals surface area contributed by atoms with E-state index in [4.69, 9.17) is 0 Å². The Bertz CT molecular complexity index is 156. The SMILES string of the molecule is C=C1C(=C)[C@H]2CC[C@H]1C2. The van der Waals surface area contributed by atoms with Gasteiger partial charge in [-0.1, -0.05) is 13.2 Å². The summed E-state index contributed by atoms with van der Waals surface area (Å²) < 4.78 is 0. The number of fused-ring (bicyclic) bond motifs is 2. The largest absolute Gasteiger partial charge is 0.0953 e. The van der Waals surface area contributed by atoms with Crippen molar-refractivity contribution >= 4 is 0 Å². The second kappa shape index (κ2) is 1.50. The van der Waals surface area contributed by atoms with Crippen molar-refractivity contribution in [1.82, 2.24) is 0 Å². The molecule has 0 aromatic rings. The highest BCUT2D eigenvalue weighted by atomic mass is 14.4. The lowest BCUT2D eigenvalue weighted by Crippen LogP contribution is -1.99. The molecule has 0 unspecified atom stereocenters. The van der Waals surface area contributed by atoms with Crippen molar-refractivity contribution in [2.75, 3.05) is 0 Å². The molecule has 2 fully saturated rings. The molecule has 2 atom stereocenters. The smallest absolute Gasteiger partial charge is 0.0159 e. The first-order valence-electron chi connectivity index (χ1n) is 3.67. The van der Waals surface area contributed by atoms with Gasteiger partial charge >= 0.3 is 0 Å². The molecule has 2 saturated carbocycles. The first-order chi connectivity index (χ1) is 4.29. The third-order valence-electron chi connectivity index (χ3n) is 2.83. The predicted molar refractivity (Wildman–Crippen MR) is 39.1 cm³/mol. The van der Waals surface area contributed by atoms with Crippen LogP contribution >= 0.6 is 0 Å². The van der Waals surface area contributed by atoms with Crippen LogP contribution in [0.4, 0.5) is 0 Å². The molecule has 0 N–H and O–H groups in total. The highest BCUT2D eigenvalue weighted by Gasteiger charge is 2.36. The second-order valence-electron chi connectivity index (χ2n) is 3.26. The Labute approximate surface area is 56.3 Å². The maximum Gasteiger partial charge on any atom is -0.0159 e. The van der Waals surface area contributed by atoms with E-state index >= 15 is 0 Å². The van der Waals surface area contributed by atoms with E-state index in [1.54, 1.807) is 0 Å². The summed E-state index contributed by atoms with van der Waals surface area (Å²) in [4.78, 5) is 0. The summed E-state index contributed by atoms with van der Waals surface area (Å²) in [5, 5.41) is 0. The monoisotopic (exact) mass is 120 g/mol. The molecule has 0 saturated heterocycles. The third-order valence-corrected chi connectivity index (χ3v) is 2.83. The topological polar surface area (TPSA) is 0 Å². The van der Waals surface area contributed by atoms with Gasteiger partial charge in [0, 0.05) is 0 Å². The van der Waals surface area contributed by atoms with Crippen molar-refractivity contribution in [2.45, 2.75) is 19.3 Å². The molecule has 0 aliphatic heterocycles. The standard InChI is InChI=1S/C9H12/c1-6-7(2)9-4-3-8(6)5-9/h8-9H,1-5H2/t8-,9-/m0/s1. The molecule has 2 aliphatic carbocycles. The van der Waals surface area contributed by atoms with Crippen molar-refractivity contribution in [3.63, 3.8) is 0 Å². The average Bonchev–Trinajstić information content (AvgIpc) is 2.37. The molecule has 0 nitrogen and oxygen atoms in total. The van der Waals surface area contributed by atoms with E-state index in [0.29, 0.717) is 0 Å². The van der Waals surface area contributed by atoms with Gasteiger partial charge in [0.2, 0.25) is 0 Å². The van der Waals surface area contributed by atoms with Crippen LogP contribution in [-0.2, 0) is 0 Å². The maximum absolute atomic E-state index is 4.02. The van der Waals surface area contributed by atoms with Gasteiger partial charge in [-0.15, -0.1) is 0 Å². The highest BCUT2D eigenvalue weighted by molar-refractivity contribution is 5.37. The summed E-state index contributed by atoms with van der Waals surface area (Å²) in [6.07, 6.45) is 4.11. The predicted octanol–water partition coefficient (Wildman–Crippen LogP) is 2.53. The molecule has 9 heavy (non-hydrogen) atoms. The molecule has 0 heteroatoms. The maximum atomic E-state index is 4.02. The van der Waals surface area contributed by atoms with Crippen LogP contribution in [0, 0.1) is 11.8 Å². The van der Waals surface area contributed by atoms with E-state index in [-0.39, 0.29) is 0 Å². The zero-order valence-corrected chi connectivity index (χ0v) is 5.69. The van der Waals surface area contributed by atoms with E-state index in [0.717, 1.165) is 11.8 Å². The summed E-state index contributed by atoms with van der Waals surface area (Å²) in [5.74, 6) is 1.64. The summed E-state index contributed by atoms with van der Waals surface area (Å²) in [6, 6.07) is 0. The average molecular weight is 120 g/mol. The molecule has 2 rings (SSSR count). The number of hydrogen-bond donors (Lipinski definition) is 0. The Morgan fingerprint density at radius 2 is 1.44 bits per heavy atom. The lowest BCUT2D eigenvalue weighted by molar-refractivity contribution is 0.658. The number of hydrogen-bond acceptors (Lipinski definition) is 0. The van der Waals surface area contributed by atoms with Crippen LogP contribution in [0.1, 0.15) is 19.3 Å². The molecule has 0 aromatic heterocycles. The summed E-state index contributed by atoms with van der Waals surface area (Å²) >= 11 is 0. The molecule has 2 aliphatic rings. The Hall–Kier alpha value is -0.520. The minimum atomic E-state index is 0.822. The summed E-state index contributed by atoms with van der Waals surface area (Å²) in [7, 11) is 0. The van der Waals surface area contributed by atoms with Gasteiger partial charge in [-0.25, -0.2) is 0 Å². The van der Waals surface area contributed by atoms with Crippen molar-refractivity contribution in [3.8, 4) is 0 Å². The minimum absolute atomic E-state index is 0.822. The van der Waals surface area contributed by atoms with Crippen LogP contribution in [0.25, 0.3) is 0 Å². The Kier molecular flexibility index (Phi) is 0.879. The fraction of sp³-hybridized carbons (Fsp3) is 0.556. The molecule has 0 aromatic carbocycles. The van der Waals surface area contributed by atoms with Gasteiger partial charge in [-0.05, 0) is 42.2 Å². The van der Waals surface area contributed by atoms with Crippen LogP contribution in [-0.4, -0.2) is 0 Å². The van der Waals surface area contributed by atoms with Gasteiger partial charge in [0.25, 0.3) is 0 Å². The van der Waals surface area contributed by atoms with Crippen LogP contribution < -0.4 is 0 Å². The lowest BCUT2D eigenvalue weighted by Gasteiger charge is -2.13. The molecule has 0 heterocycles. The quantitative estimate of drug-likeness (QED) is 0.461. The van der Waals surface area contributed by atoms with Crippen LogP contribution in [0.2, 0.25) is 0 Å². The van der Waals surface area contributed by atoms with Gasteiger partial charge in [-0.2, -0.15) is 0 Å². The van der Waals surface area contributed by atoms with E-state index in [9.17, 15) is 0 Å². The molecule has 48 valence electrons. The van der Waals surface area contributed by atoms with E-state index in [2.05, 4.69) is 13.2 Å². The Balaban J connectivity index is 2.35. The van der Waals surface area contributed by atoms with Crippen molar-refractivity contribution < 1.29 is 0 Å². The van der Waals surface area contributed by atoms with E-state index < -0.39 is 0 Å². The first-order valence-corrected chi connectivity index (χ1v) is 3.67. The number of rotatable bonds is 0. The molecule has 0 radical (unpaired) electrons. The summed E-state index contributed by atoms with van der Waals surface area (Å²) in [6.45, 7) is 8.04. The van der Waals surface area contributed by atoms with Gasteiger partial charge in [0.05, 0.1) is 0 Å². The minimum Gasteiger partial charge on any atom is -0.0953 e. The first kappa shape index (κ1) is 5.28. The zero-order chi connectivity index (χ0) is 6.43. The lowest BCUT2D eigenvalue weighted by atomic mass is 9.92. The summed E-state index contributed by atoms with van der Waals surface area (Å²) in [5.41, 5.74) is 2.71. The van der Waals surface area contributed by atoms with E-state index in [1.807, 2.05) is 0 Å². The normalized spacial score (nSPS) is 40.4. The number of allylic oxidation sites excluding steroid dienone is 2. The van der Waals surface area contributed by atoms with Crippen molar-refractivity contribution in [2.24, 2.45) is 11.8 Å². The zero-order valence-electron chi connectivity index (χ0n) is 5.69. The van der Waals surface area contributed by atoms with Gasteiger partial charge in [-0.3, -0.25) is 0 Å². The highest BCUT2D eigenvalue weighted by Crippen LogP contribution is 2.49. The molecule has 0 amide bonds. The Morgan fingerprint density at radius 3 is 1.67 bits per heavy atom. The fourth-order valence-electron chi connectivity index (χ4n) is 2.14.